The Morgan fingerprint density at radius 3 is 2.57 bits per heavy atom. The lowest BCUT2D eigenvalue weighted by Gasteiger charge is -2.12. The first-order valence-corrected chi connectivity index (χ1v) is 9.07. The van der Waals surface area contributed by atoms with Crippen LogP contribution in [0.2, 0.25) is 5.02 Å². The highest BCUT2D eigenvalue weighted by atomic mass is 127. The average Bonchev–Trinajstić information content (AvgIpc) is 2.42. The van der Waals surface area contributed by atoms with Crippen LogP contribution in [-0.4, -0.2) is 8.42 Å². The summed E-state index contributed by atoms with van der Waals surface area (Å²) in [6.07, 6.45) is 0. The van der Waals surface area contributed by atoms with Gasteiger partial charge in [0.15, 0.2) is 0 Å². The van der Waals surface area contributed by atoms with Crippen molar-refractivity contribution in [2.45, 2.75) is 17.9 Å². The maximum Gasteiger partial charge on any atom is 0.261 e. The number of sulfonamides is 1. The number of benzene rings is 2. The van der Waals surface area contributed by atoms with Crippen LogP contribution in [0.5, 0.6) is 0 Å². The predicted octanol–water partition coefficient (Wildman–Crippen LogP) is 3.77. The number of nitrogens with one attached hydrogen (secondary N) is 1. The van der Waals surface area contributed by atoms with Gasteiger partial charge in [-0.25, -0.2) is 8.42 Å². The van der Waals surface area contributed by atoms with Crippen LogP contribution < -0.4 is 10.5 Å². The molecule has 0 aliphatic heterocycles. The second-order valence-electron chi connectivity index (χ2n) is 4.59. The third kappa shape index (κ3) is 4.09. The monoisotopic (exact) mass is 436 g/mol. The second-order valence-corrected chi connectivity index (χ2v) is 7.87. The Balaban J connectivity index is 2.36. The topological polar surface area (TPSA) is 72.2 Å². The minimum absolute atomic E-state index is 0.183. The number of nitrogens with two attached hydrogens (primary N) is 1. The van der Waals surface area contributed by atoms with Gasteiger partial charge >= 0.3 is 0 Å². The Bertz CT molecular complexity index is 763. The van der Waals surface area contributed by atoms with Crippen LogP contribution in [0.4, 0.5) is 5.69 Å². The Morgan fingerprint density at radius 2 is 1.95 bits per heavy atom. The summed E-state index contributed by atoms with van der Waals surface area (Å²) in [6, 6.07) is 11.3. The molecule has 112 valence electrons. The van der Waals surface area contributed by atoms with Crippen molar-refractivity contribution in [1.82, 2.24) is 0 Å². The van der Waals surface area contributed by atoms with Crippen molar-refractivity contribution in [3.63, 3.8) is 0 Å². The van der Waals surface area contributed by atoms with Crippen LogP contribution >= 0.6 is 34.2 Å². The van der Waals surface area contributed by atoms with E-state index in [9.17, 15) is 8.42 Å². The molecule has 1 atom stereocenters. The molecule has 0 bridgehead atoms. The van der Waals surface area contributed by atoms with Gasteiger partial charge in [0.1, 0.15) is 0 Å². The lowest BCUT2D eigenvalue weighted by atomic mass is 10.1. The van der Waals surface area contributed by atoms with Gasteiger partial charge in [0, 0.05) is 14.6 Å². The zero-order valence-corrected chi connectivity index (χ0v) is 14.9. The summed E-state index contributed by atoms with van der Waals surface area (Å²) in [4.78, 5) is 0.183. The molecule has 0 aliphatic rings. The molecule has 0 aromatic heterocycles. The fourth-order valence-corrected chi connectivity index (χ4v) is 4.06. The number of hydrogen-bond acceptors (Lipinski definition) is 3. The van der Waals surface area contributed by atoms with Crippen LogP contribution in [-0.2, 0) is 10.0 Å². The standard InChI is InChI=1S/C14H14ClIN2O2S/c1-9(17)10-3-2-4-12(7-10)21(19,20)18-14-6-5-11(15)8-13(14)16/h2-9,18H,17H2,1H3. The molecule has 0 heterocycles. The molecule has 0 saturated heterocycles. The van der Waals surface area contributed by atoms with Crippen LogP contribution in [0.25, 0.3) is 0 Å². The molecule has 2 aromatic rings. The number of hydrogen-bond donors (Lipinski definition) is 2. The van der Waals surface area contributed by atoms with Gasteiger partial charge in [-0.05, 0) is 65.4 Å². The largest absolute Gasteiger partial charge is 0.324 e. The summed E-state index contributed by atoms with van der Waals surface area (Å²) in [6.45, 7) is 1.81. The molecule has 1 unspecified atom stereocenters. The van der Waals surface area contributed by atoms with Crippen molar-refractivity contribution in [3.8, 4) is 0 Å². The Morgan fingerprint density at radius 1 is 1.24 bits per heavy atom. The molecule has 2 aromatic carbocycles. The third-order valence-electron chi connectivity index (χ3n) is 2.87. The van der Waals surface area contributed by atoms with Crippen molar-refractivity contribution >= 4 is 49.9 Å². The van der Waals surface area contributed by atoms with Crippen LogP contribution in [0, 0.1) is 3.57 Å². The Labute approximate surface area is 142 Å². The predicted molar refractivity (Wildman–Crippen MR) is 94.0 cm³/mol. The van der Waals surface area contributed by atoms with E-state index in [1.165, 1.54) is 6.07 Å². The molecule has 0 radical (unpaired) electrons. The molecule has 0 fully saturated rings. The van der Waals surface area contributed by atoms with Gasteiger partial charge in [-0.1, -0.05) is 23.7 Å². The maximum absolute atomic E-state index is 12.4. The van der Waals surface area contributed by atoms with Crippen LogP contribution in [0.15, 0.2) is 47.4 Å². The number of rotatable bonds is 4. The molecule has 2 rings (SSSR count). The third-order valence-corrected chi connectivity index (χ3v) is 5.36. The SMILES string of the molecule is CC(N)c1cccc(S(=O)(=O)Nc2ccc(Cl)cc2I)c1. The second kappa shape index (κ2) is 6.51. The van der Waals surface area contributed by atoms with Crippen LogP contribution in [0.1, 0.15) is 18.5 Å². The van der Waals surface area contributed by atoms with Gasteiger partial charge in [0.05, 0.1) is 10.6 Å². The van der Waals surface area contributed by atoms with Gasteiger partial charge in [-0.3, -0.25) is 4.72 Å². The first-order chi connectivity index (χ1) is 9.79. The Kier molecular flexibility index (Phi) is 5.13. The van der Waals surface area contributed by atoms with Crippen molar-refractivity contribution in [1.29, 1.82) is 0 Å². The van der Waals surface area contributed by atoms with E-state index in [0.717, 1.165) is 9.13 Å². The fourth-order valence-electron chi connectivity index (χ4n) is 1.74. The zero-order valence-electron chi connectivity index (χ0n) is 11.2. The fraction of sp³-hybridized carbons (Fsp3) is 0.143. The number of anilines is 1. The van der Waals surface area contributed by atoms with E-state index in [4.69, 9.17) is 17.3 Å². The molecule has 4 nitrogen and oxygen atoms in total. The molecule has 0 spiro atoms. The molecule has 0 amide bonds. The average molecular weight is 437 g/mol. The minimum Gasteiger partial charge on any atom is -0.324 e. The molecule has 0 aliphatic carbocycles. The van der Waals surface area contributed by atoms with E-state index < -0.39 is 10.0 Å². The van der Waals surface area contributed by atoms with Gasteiger partial charge in [0.25, 0.3) is 10.0 Å². The summed E-state index contributed by atoms with van der Waals surface area (Å²) in [5, 5.41) is 0.557. The molecular weight excluding hydrogens is 423 g/mol. The molecule has 0 saturated carbocycles. The van der Waals surface area contributed by atoms with Gasteiger partial charge in [-0.2, -0.15) is 0 Å². The van der Waals surface area contributed by atoms with Crippen molar-refractivity contribution < 1.29 is 8.42 Å². The highest BCUT2D eigenvalue weighted by Crippen LogP contribution is 2.25. The van der Waals surface area contributed by atoms with E-state index in [1.54, 1.807) is 43.3 Å². The van der Waals surface area contributed by atoms with Crippen LogP contribution in [0.3, 0.4) is 0 Å². The van der Waals surface area contributed by atoms with Crippen molar-refractivity contribution in [3.05, 3.63) is 56.6 Å². The maximum atomic E-state index is 12.4. The summed E-state index contributed by atoms with van der Waals surface area (Å²) in [7, 11) is -3.66. The van der Waals surface area contributed by atoms with E-state index in [2.05, 4.69) is 4.72 Å². The minimum atomic E-state index is -3.66. The van der Waals surface area contributed by atoms with E-state index in [1.807, 2.05) is 22.6 Å². The summed E-state index contributed by atoms with van der Waals surface area (Å²) < 4.78 is 28.1. The van der Waals surface area contributed by atoms with E-state index in [-0.39, 0.29) is 10.9 Å². The van der Waals surface area contributed by atoms with Gasteiger partial charge < -0.3 is 5.73 Å². The smallest absolute Gasteiger partial charge is 0.261 e. The van der Waals surface area contributed by atoms with Crippen molar-refractivity contribution in [2.75, 3.05) is 4.72 Å². The molecule has 7 heteroatoms. The quantitative estimate of drug-likeness (QED) is 0.717. The summed E-state index contributed by atoms with van der Waals surface area (Å²) in [5.41, 5.74) is 7.05. The Hall–Kier alpha value is -0.830. The van der Waals surface area contributed by atoms with Gasteiger partial charge in [0.2, 0.25) is 0 Å². The first kappa shape index (κ1) is 16.5. The highest BCUT2D eigenvalue weighted by Gasteiger charge is 2.16. The lowest BCUT2D eigenvalue weighted by molar-refractivity contribution is 0.601. The number of halogens is 2. The first-order valence-electron chi connectivity index (χ1n) is 6.13. The summed E-state index contributed by atoms with van der Waals surface area (Å²) in [5.74, 6) is 0. The lowest BCUT2D eigenvalue weighted by Crippen LogP contribution is -2.15. The zero-order chi connectivity index (χ0) is 15.6. The molecule has 3 N–H and O–H groups in total. The van der Waals surface area contributed by atoms with E-state index >= 15 is 0 Å². The normalized spacial score (nSPS) is 13.0. The van der Waals surface area contributed by atoms with E-state index in [0.29, 0.717) is 10.7 Å². The highest BCUT2D eigenvalue weighted by molar-refractivity contribution is 14.1. The summed E-state index contributed by atoms with van der Waals surface area (Å²) >= 11 is 7.90. The van der Waals surface area contributed by atoms with Gasteiger partial charge in [-0.15, -0.1) is 0 Å². The molecular formula is C14H14ClIN2O2S. The molecule has 21 heavy (non-hydrogen) atoms. The van der Waals surface area contributed by atoms with Crippen molar-refractivity contribution in [2.24, 2.45) is 5.73 Å².